The van der Waals surface area contributed by atoms with Gasteiger partial charge in [0.2, 0.25) is 0 Å². The highest BCUT2D eigenvalue weighted by atomic mass is 35.5. The Labute approximate surface area is 138 Å². The molecule has 1 aliphatic rings. The normalized spacial score (nSPS) is 17.5. The van der Waals surface area contributed by atoms with E-state index in [4.69, 9.17) is 23.2 Å². The smallest absolute Gasteiger partial charge is 0.153 e. The van der Waals surface area contributed by atoms with Crippen LogP contribution in [-0.4, -0.2) is 43.2 Å². The van der Waals surface area contributed by atoms with E-state index in [2.05, 4.69) is 10.2 Å². The van der Waals surface area contributed by atoms with Crippen molar-refractivity contribution in [2.24, 2.45) is 0 Å². The number of hydrogen-bond acceptors (Lipinski definition) is 5. The van der Waals surface area contributed by atoms with Gasteiger partial charge >= 0.3 is 0 Å². The van der Waals surface area contributed by atoms with E-state index in [1.54, 1.807) is 12.1 Å². The Morgan fingerprint density at radius 1 is 1.00 bits per heavy atom. The molecule has 1 aromatic heterocycles. The Morgan fingerprint density at radius 3 is 2.36 bits per heavy atom. The van der Waals surface area contributed by atoms with Crippen LogP contribution in [0.25, 0.3) is 11.3 Å². The average Bonchev–Trinajstić information content (AvgIpc) is 2.50. The van der Waals surface area contributed by atoms with Crippen LogP contribution in [0, 0.1) is 0 Å². The Balaban J connectivity index is 1.83. The SMILES string of the molecule is O=S1(=O)CCN(c2ccc(-c3cccc(Cl)c3Cl)nn2)CC1. The second-order valence-electron chi connectivity index (χ2n) is 5.02. The third-order valence-corrected chi connectivity index (χ3v) is 5.97. The minimum Gasteiger partial charge on any atom is -0.353 e. The lowest BCUT2D eigenvalue weighted by molar-refractivity contribution is 0.586. The third-order valence-electron chi connectivity index (χ3n) is 3.55. The summed E-state index contributed by atoms with van der Waals surface area (Å²) in [6.07, 6.45) is 0. The zero-order valence-corrected chi connectivity index (χ0v) is 13.9. The molecule has 3 rings (SSSR count). The number of nitrogens with zero attached hydrogens (tertiary/aromatic N) is 3. The van der Waals surface area contributed by atoms with Crippen molar-refractivity contribution in [1.29, 1.82) is 0 Å². The van der Waals surface area contributed by atoms with Gasteiger partial charge in [0.05, 0.1) is 27.2 Å². The van der Waals surface area contributed by atoms with E-state index in [0.717, 1.165) is 5.56 Å². The van der Waals surface area contributed by atoms with Crippen LogP contribution in [0.3, 0.4) is 0 Å². The molecule has 1 fully saturated rings. The lowest BCUT2D eigenvalue weighted by Crippen LogP contribution is -2.40. The highest BCUT2D eigenvalue weighted by Gasteiger charge is 2.22. The van der Waals surface area contributed by atoms with Crippen LogP contribution in [-0.2, 0) is 9.84 Å². The fraction of sp³-hybridized carbons (Fsp3) is 0.286. The fourth-order valence-electron chi connectivity index (χ4n) is 2.28. The lowest BCUT2D eigenvalue weighted by atomic mass is 10.1. The predicted molar refractivity (Wildman–Crippen MR) is 88.4 cm³/mol. The Kier molecular flexibility index (Phi) is 4.25. The number of sulfone groups is 1. The second-order valence-corrected chi connectivity index (χ2v) is 8.11. The average molecular weight is 358 g/mol. The van der Waals surface area contributed by atoms with Crippen molar-refractivity contribution < 1.29 is 8.42 Å². The molecule has 0 unspecified atom stereocenters. The Morgan fingerprint density at radius 2 is 1.73 bits per heavy atom. The number of rotatable bonds is 2. The van der Waals surface area contributed by atoms with Crippen LogP contribution in [0.4, 0.5) is 5.82 Å². The Hall–Kier alpha value is -1.37. The molecule has 0 saturated carbocycles. The number of halogens is 2. The summed E-state index contributed by atoms with van der Waals surface area (Å²) in [5, 5.41) is 9.26. The van der Waals surface area contributed by atoms with Gasteiger partial charge in [-0.25, -0.2) is 8.42 Å². The molecule has 8 heteroatoms. The van der Waals surface area contributed by atoms with Crippen LogP contribution in [0.2, 0.25) is 10.0 Å². The molecule has 0 radical (unpaired) electrons. The summed E-state index contributed by atoms with van der Waals surface area (Å²) in [4.78, 5) is 1.91. The van der Waals surface area contributed by atoms with Crippen molar-refractivity contribution in [1.82, 2.24) is 10.2 Å². The summed E-state index contributed by atoms with van der Waals surface area (Å²) in [7, 11) is -2.91. The fourth-order valence-corrected chi connectivity index (χ4v) is 3.88. The van der Waals surface area contributed by atoms with E-state index in [9.17, 15) is 8.42 Å². The van der Waals surface area contributed by atoms with Crippen molar-refractivity contribution in [3.63, 3.8) is 0 Å². The van der Waals surface area contributed by atoms with Crippen LogP contribution in [0.15, 0.2) is 30.3 Å². The van der Waals surface area contributed by atoms with Crippen LogP contribution >= 0.6 is 23.2 Å². The molecule has 2 heterocycles. The quantitative estimate of drug-likeness (QED) is 0.826. The molecule has 0 N–H and O–H groups in total. The first-order valence-electron chi connectivity index (χ1n) is 6.70. The molecular weight excluding hydrogens is 345 g/mol. The van der Waals surface area contributed by atoms with Crippen molar-refractivity contribution in [2.75, 3.05) is 29.5 Å². The molecule has 0 bridgehead atoms. The zero-order valence-electron chi connectivity index (χ0n) is 11.5. The van der Waals surface area contributed by atoms with Gasteiger partial charge < -0.3 is 4.90 Å². The maximum atomic E-state index is 11.4. The van der Waals surface area contributed by atoms with Crippen molar-refractivity contribution >= 4 is 38.9 Å². The maximum Gasteiger partial charge on any atom is 0.153 e. The van der Waals surface area contributed by atoms with Crippen LogP contribution in [0.1, 0.15) is 0 Å². The summed E-state index contributed by atoms with van der Waals surface area (Å²) in [5.41, 5.74) is 1.34. The summed E-state index contributed by atoms with van der Waals surface area (Å²) in [6.45, 7) is 0.878. The molecule has 0 amide bonds. The number of aromatic nitrogens is 2. The monoisotopic (exact) mass is 357 g/mol. The lowest BCUT2D eigenvalue weighted by Gasteiger charge is -2.27. The van der Waals surface area contributed by atoms with E-state index in [1.807, 2.05) is 23.1 Å². The predicted octanol–water partition coefficient (Wildman–Crippen LogP) is 2.69. The molecule has 5 nitrogen and oxygen atoms in total. The first-order valence-corrected chi connectivity index (χ1v) is 9.27. The number of hydrogen-bond donors (Lipinski definition) is 0. The number of benzene rings is 1. The molecule has 116 valence electrons. The molecule has 0 aliphatic carbocycles. The summed E-state index contributed by atoms with van der Waals surface area (Å²) < 4.78 is 22.9. The van der Waals surface area contributed by atoms with Gasteiger partial charge in [0.25, 0.3) is 0 Å². The van der Waals surface area contributed by atoms with Crippen LogP contribution < -0.4 is 4.90 Å². The van der Waals surface area contributed by atoms with Crippen molar-refractivity contribution in [2.45, 2.75) is 0 Å². The molecule has 2 aromatic rings. The van der Waals surface area contributed by atoms with Gasteiger partial charge in [-0.15, -0.1) is 10.2 Å². The molecule has 1 aliphatic heterocycles. The number of anilines is 1. The first kappa shape index (κ1) is 15.5. The van der Waals surface area contributed by atoms with Gasteiger partial charge in [-0.2, -0.15) is 0 Å². The molecule has 1 saturated heterocycles. The van der Waals surface area contributed by atoms with Gasteiger partial charge in [-0.3, -0.25) is 0 Å². The summed E-state index contributed by atoms with van der Waals surface area (Å²) >= 11 is 12.2. The van der Waals surface area contributed by atoms with E-state index >= 15 is 0 Å². The van der Waals surface area contributed by atoms with Gasteiger partial charge in [-0.05, 0) is 18.2 Å². The van der Waals surface area contributed by atoms with Gasteiger partial charge in [0.15, 0.2) is 15.7 Å². The molecule has 0 atom stereocenters. The summed E-state index contributed by atoms with van der Waals surface area (Å²) in [5.74, 6) is 0.962. The van der Waals surface area contributed by atoms with E-state index < -0.39 is 9.84 Å². The molecule has 0 spiro atoms. The van der Waals surface area contributed by atoms with Crippen LogP contribution in [0.5, 0.6) is 0 Å². The van der Waals surface area contributed by atoms with E-state index in [1.165, 1.54) is 0 Å². The highest BCUT2D eigenvalue weighted by Crippen LogP contribution is 2.32. The van der Waals surface area contributed by atoms with E-state index in [0.29, 0.717) is 34.6 Å². The van der Waals surface area contributed by atoms with Crippen molar-refractivity contribution in [3.8, 4) is 11.3 Å². The van der Waals surface area contributed by atoms with Gasteiger partial charge in [0.1, 0.15) is 0 Å². The summed E-state index contributed by atoms with van der Waals surface area (Å²) in [6, 6.07) is 8.96. The third kappa shape index (κ3) is 3.19. The maximum absolute atomic E-state index is 11.4. The molecule has 1 aromatic carbocycles. The van der Waals surface area contributed by atoms with E-state index in [-0.39, 0.29) is 11.5 Å². The minimum atomic E-state index is -2.91. The molecular formula is C14H13Cl2N3O2S. The van der Waals surface area contributed by atoms with Gasteiger partial charge in [-0.1, -0.05) is 35.3 Å². The minimum absolute atomic E-state index is 0.149. The topological polar surface area (TPSA) is 63.2 Å². The van der Waals surface area contributed by atoms with Crippen molar-refractivity contribution in [3.05, 3.63) is 40.4 Å². The zero-order chi connectivity index (χ0) is 15.7. The largest absolute Gasteiger partial charge is 0.353 e. The molecule has 22 heavy (non-hydrogen) atoms. The Bertz CT molecular complexity index is 780. The van der Waals surface area contributed by atoms with Gasteiger partial charge in [0, 0.05) is 18.7 Å². The standard InChI is InChI=1S/C14H13Cl2N3O2S/c15-11-3-1-2-10(14(11)16)12-4-5-13(18-17-12)19-6-8-22(20,21)9-7-19/h1-5H,6-9H2. The highest BCUT2D eigenvalue weighted by molar-refractivity contribution is 7.91. The first-order chi connectivity index (χ1) is 10.5. The second kappa shape index (κ2) is 6.02.